The molecule has 6 heteroatoms. The molecule has 0 amide bonds. The Morgan fingerprint density at radius 1 is 1.58 bits per heavy atom. The second-order valence-corrected chi connectivity index (χ2v) is 5.55. The number of nitro groups is 1. The summed E-state index contributed by atoms with van der Waals surface area (Å²) in [5, 5.41) is 21.6. The molecule has 3 N–H and O–H groups in total. The second-order valence-electron chi connectivity index (χ2n) is 5.15. The largest absolute Gasteiger partial charge is 0.392 e. The predicted molar refractivity (Wildman–Crippen MR) is 73.2 cm³/mol. The van der Waals surface area contributed by atoms with Gasteiger partial charge in [-0.2, -0.15) is 0 Å². The van der Waals surface area contributed by atoms with Gasteiger partial charge in [-0.25, -0.2) is 0 Å². The lowest BCUT2D eigenvalue weighted by atomic mass is 9.78. The first-order valence-corrected chi connectivity index (χ1v) is 6.68. The molecule has 0 heterocycles. The number of halogens is 1. The zero-order chi connectivity index (χ0) is 14.0. The van der Waals surface area contributed by atoms with Gasteiger partial charge in [0.1, 0.15) is 0 Å². The molecule has 0 saturated heterocycles. The normalized spacial score (nSPS) is 26.6. The molecule has 104 valence electrons. The van der Waals surface area contributed by atoms with E-state index in [0.717, 1.165) is 12.8 Å². The maximum Gasteiger partial charge on any atom is 0.274 e. The molecule has 0 spiro atoms. The number of aliphatic hydroxyl groups is 1. The van der Waals surface area contributed by atoms with Crippen LogP contribution in [-0.2, 0) is 6.42 Å². The van der Waals surface area contributed by atoms with E-state index >= 15 is 0 Å². The number of nitrogens with zero attached hydrogens (tertiary/aromatic N) is 1. The van der Waals surface area contributed by atoms with Crippen LogP contribution in [0.25, 0.3) is 0 Å². The van der Waals surface area contributed by atoms with Gasteiger partial charge in [-0.15, -0.1) is 0 Å². The van der Waals surface area contributed by atoms with Crippen molar-refractivity contribution in [2.75, 3.05) is 6.54 Å². The lowest BCUT2D eigenvalue weighted by Crippen LogP contribution is -2.39. The summed E-state index contributed by atoms with van der Waals surface area (Å²) in [5.74, 6) is 0. The number of hydrogen-bond donors (Lipinski definition) is 2. The monoisotopic (exact) mass is 284 g/mol. The van der Waals surface area contributed by atoms with Crippen LogP contribution >= 0.6 is 11.6 Å². The standard InChI is InChI=1S/C13H17ClN2O3/c14-10-3-1-4-11(16(18)19)9(10)7-13(8-15)6-2-5-12(13)17/h1,3-4,12,17H,2,5-8,15H2. The minimum absolute atomic E-state index is 0.000532. The zero-order valence-corrected chi connectivity index (χ0v) is 11.3. The van der Waals surface area contributed by atoms with Gasteiger partial charge in [-0.1, -0.05) is 24.1 Å². The summed E-state index contributed by atoms with van der Waals surface area (Å²) in [6, 6.07) is 4.63. The van der Waals surface area contributed by atoms with E-state index in [9.17, 15) is 15.2 Å². The quantitative estimate of drug-likeness (QED) is 0.656. The fraction of sp³-hybridized carbons (Fsp3) is 0.538. The van der Waals surface area contributed by atoms with E-state index in [1.165, 1.54) is 6.07 Å². The Morgan fingerprint density at radius 3 is 2.84 bits per heavy atom. The fourth-order valence-electron chi connectivity index (χ4n) is 2.88. The third-order valence-electron chi connectivity index (χ3n) is 4.09. The molecule has 5 nitrogen and oxygen atoms in total. The number of nitro benzene ring substituents is 1. The summed E-state index contributed by atoms with van der Waals surface area (Å²) in [6.45, 7) is 0.302. The number of hydrogen-bond acceptors (Lipinski definition) is 4. The third kappa shape index (κ3) is 2.59. The van der Waals surface area contributed by atoms with Crippen molar-refractivity contribution in [1.29, 1.82) is 0 Å². The Kier molecular flexibility index (Phi) is 4.08. The van der Waals surface area contributed by atoms with Crippen LogP contribution in [0, 0.1) is 15.5 Å². The highest BCUT2D eigenvalue weighted by molar-refractivity contribution is 6.31. The van der Waals surface area contributed by atoms with Crippen LogP contribution in [0.2, 0.25) is 5.02 Å². The molecule has 1 fully saturated rings. The second kappa shape index (κ2) is 5.45. The van der Waals surface area contributed by atoms with Crippen molar-refractivity contribution < 1.29 is 10.0 Å². The Bertz CT molecular complexity index is 495. The maximum atomic E-state index is 11.1. The van der Waals surface area contributed by atoms with Crippen molar-refractivity contribution in [2.24, 2.45) is 11.1 Å². The van der Waals surface area contributed by atoms with Crippen LogP contribution in [0.5, 0.6) is 0 Å². The van der Waals surface area contributed by atoms with Crippen molar-refractivity contribution in [1.82, 2.24) is 0 Å². The molecule has 19 heavy (non-hydrogen) atoms. The Hall–Kier alpha value is -1.17. The lowest BCUT2D eigenvalue weighted by molar-refractivity contribution is -0.385. The highest BCUT2D eigenvalue weighted by Gasteiger charge is 2.42. The van der Waals surface area contributed by atoms with Crippen molar-refractivity contribution in [3.63, 3.8) is 0 Å². The van der Waals surface area contributed by atoms with Gasteiger partial charge in [-0.3, -0.25) is 10.1 Å². The molecule has 1 aliphatic carbocycles. The predicted octanol–water partition coefficient (Wildman–Crippen LogP) is 2.28. The molecule has 1 aromatic carbocycles. The number of aliphatic hydroxyl groups excluding tert-OH is 1. The maximum absolute atomic E-state index is 11.1. The average molecular weight is 285 g/mol. The molecule has 0 radical (unpaired) electrons. The minimum Gasteiger partial charge on any atom is -0.392 e. The Balaban J connectivity index is 2.40. The van der Waals surface area contributed by atoms with E-state index in [-0.39, 0.29) is 5.69 Å². The molecular formula is C13H17ClN2O3. The summed E-state index contributed by atoms with van der Waals surface area (Å²) < 4.78 is 0. The number of benzene rings is 1. The highest BCUT2D eigenvalue weighted by Crippen LogP contribution is 2.43. The molecular weight excluding hydrogens is 268 g/mol. The van der Waals surface area contributed by atoms with Gasteiger partial charge in [0, 0.05) is 23.6 Å². The molecule has 1 saturated carbocycles. The van der Waals surface area contributed by atoms with E-state index < -0.39 is 16.4 Å². The van der Waals surface area contributed by atoms with E-state index in [2.05, 4.69) is 0 Å². The van der Waals surface area contributed by atoms with Crippen LogP contribution in [0.1, 0.15) is 24.8 Å². The SMILES string of the molecule is NCC1(Cc2c(Cl)cccc2[N+](=O)[O-])CCCC1O. The first-order valence-electron chi connectivity index (χ1n) is 6.30. The number of rotatable bonds is 4. The molecule has 0 aliphatic heterocycles. The van der Waals surface area contributed by atoms with Crippen LogP contribution in [0.4, 0.5) is 5.69 Å². The smallest absolute Gasteiger partial charge is 0.274 e. The summed E-state index contributed by atoms with van der Waals surface area (Å²) in [6.07, 6.45) is 2.17. The van der Waals surface area contributed by atoms with Crippen LogP contribution in [-0.4, -0.2) is 22.7 Å². The van der Waals surface area contributed by atoms with E-state index in [4.69, 9.17) is 17.3 Å². The van der Waals surface area contributed by atoms with Crippen LogP contribution in [0.3, 0.4) is 0 Å². The van der Waals surface area contributed by atoms with E-state index in [1.54, 1.807) is 12.1 Å². The minimum atomic E-state index is -0.520. The van der Waals surface area contributed by atoms with Gasteiger partial charge in [0.2, 0.25) is 0 Å². The van der Waals surface area contributed by atoms with Crippen molar-refractivity contribution in [2.45, 2.75) is 31.8 Å². The van der Waals surface area contributed by atoms with E-state index in [1.807, 2.05) is 0 Å². The topological polar surface area (TPSA) is 89.4 Å². The van der Waals surface area contributed by atoms with Gasteiger partial charge in [0.05, 0.1) is 16.0 Å². The van der Waals surface area contributed by atoms with E-state index in [0.29, 0.717) is 30.0 Å². The van der Waals surface area contributed by atoms with Gasteiger partial charge in [-0.05, 0) is 25.3 Å². The van der Waals surface area contributed by atoms with Gasteiger partial charge < -0.3 is 10.8 Å². The van der Waals surface area contributed by atoms with Crippen molar-refractivity contribution in [3.8, 4) is 0 Å². The average Bonchev–Trinajstić information content (AvgIpc) is 2.73. The summed E-state index contributed by atoms with van der Waals surface area (Å²) in [7, 11) is 0. The molecule has 2 unspecified atom stereocenters. The van der Waals surface area contributed by atoms with Gasteiger partial charge in [0.15, 0.2) is 0 Å². The van der Waals surface area contributed by atoms with Crippen LogP contribution < -0.4 is 5.73 Å². The van der Waals surface area contributed by atoms with Crippen molar-refractivity contribution >= 4 is 17.3 Å². The lowest BCUT2D eigenvalue weighted by Gasteiger charge is -2.31. The molecule has 1 aliphatic rings. The third-order valence-corrected chi connectivity index (χ3v) is 4.44. The van der Waals surface area contributed by atoms with Gasteiger partial charge >= 0.3 is 0 Å². The van der Waals surface area contributed by atoms with Crippen LogP contribution in [0.15, 0.2) is 18.2 Å². The molecule has 0 aromatic heterocycles. The fourth-order valence-corrected chi connectivity index (χ4v) is 3.12. The first-order chi connectivity index (χ1) is 9.00. The molecule has 2 rings (SSSR count). The molecule has 1 aromatic rings. The zero-order valence-electron chi connectivity index (χ0n) is 10.5. The first kappa shape index (κ1) is 14.2. The highest BCUT2D eigenvalue weighted by atomic mass is 35.5. The summed E-state index contributed by atoms with van der Waals surface area (Å²) in [5.41, 5.74) is 5.79. The Labute approximate surface area is 116 Å². The summed E-state index contributed by atoms with van der Waals surface area (Å²) in [4.78, 5) is 10.6. The molecule has 2 atom stereocenters. The van der Waals surface area contributed by atoms with Crippen molar-refractivity contribution in [3.05, 3.63) is 38.9 Å². The summed E-state index contributed by atoms with van der Waals surface area (Å²) >= 11 is 6.09. The molecule has 0 bridgehead atoms. The number of nitrogens with two attached hydrogens (primary N) is 1. The van der Waals surface area contributed by atoms with Gasteiger partial charge in [0.25, 0.3) is 5.69 Å². The Morgan fingerprint density at radius 2 is 2.32 bits per heavy atom.